The molecule has 1 aromatic rings. The van der Waals surface area contributed by atoms with Crippen LogP contribution in [-0.4, -0.2) is 35.6 Å². The molecule has 0 radical (unpaired) electrons. The van der Waals surface area contributed by atoms with E-state index < -0.39 is 0 Å². The maximum absolute atomic E-state index is 4.51. The molecule has 0 unspecified atom stereocenters. The highest BCUT2D eigenvalue weighted by Gasteiger charge is 2.17. The van der Waals surface area contributed by atoms with Crippen molar-refractivity contribution in [2.45, 2.75) is 39.3 Å². The fraction of sp³-hybridized carbons (Fsp3) is 0.750. The lowest BCUT2D eigenvalue weighted by Crippen LogP contribution is -2.48. The Morgan fingerprint density at radius 1 is 1.62 bits per heavy atom. The van der Waals surface area contributed by atoms with Gasteiger partial charge < -0.3 is 5.32 Å². The van der Waals surface area contributed by atoms with Crippen LogP contribution in [0.4, 0.5) is 0 Å². The van der Waals surface area contributed by atoms with Crippen molar-refractivity contribution in [1.82, 2.24) is 15.2 Å². The summed E-state index contributed by atoms with van der Waals surface area (Å²) in [6.07, 6.45) is 2.04. The first kappa shape index (κ1) is 12.0. The van der Waals surface area contributed by atoms with Crippen molar-refractivity contribution in [3.8, 4) is 0 Å². The lowest BCUT2D eigenvalue weighted by molar-refractivity contribution is 0.199. The Kier molecular flexibility index (Phi) is 3.95. The van der Waals surface area contributed by atoms with Gasteiger partial charge in [-0.2, -0.15) is 0 Å². The monoisotopic (exact) mass is 239 g/mol. The molecule has 0 amide bonds. The van der Waals surface area contributed by atoms with Gasteiger partial charge in [-0.3, -0.25) is 4.90 Å². The van der Waals surface area contributed by atoms with Crippen LogP contribution in [0.3, 0.4) is 0 Å². The molecule has 1 aromatic heterocycles. The van der Waals surface area contributed by atoms with Crippen molar-refractivity contribution in [3.05, 3.63) is 16.1 Å². The molecular weight excluding hydrogens is 218 g/mol. The molecule has 3 nitrogen and oxygen atoms in total. The quantitative estimate of drug-likeness (QED) is 0.875. The smallest absolute Gasteiger partial charge is 0.107 e. The maximum Gasteiger partial charge on any atom is 0.107 e. The van der Waals surface area contributed by atoms with Crippen LogP contribution >= 0.6 is 11.3 Å². The van der Waals surface area contributed by atoms with E-state index in [1.807, 2.05) is 17.5 Å². The van der Waals surface area contributed by atoms with Gasteiger partial charge in [0.15, 0.2) is 0 Å². The summed E-state index contributed by atoms with van der Waals surface area (Å²) in [5.41, 5.74) is 0. The van der Waals surface area contributed by atoms with Crippen LogP contribution in [0.1, 0.15) is 36.6 Å². The molecule has 0 aliphatic carbocycles. The third-order valence-corrected chi connectivity index (χ3v) is 4.23. The summed E-state index contributed by atoms with van der Waals surface area (Å²) in [5, 5.41) is 4.72. The molecule has 0 spiro atoms. The Labute approximate surface area is 102 Å². The van der Waals surface area contributed by atoms with Gasteiger partial charge in [-0.1, -0.05) is 13.8 Å². The number of aromatic nitrogens is 1. The van der Waals surface area contributed by atoms with Gasteiger partial charge in [0, 0.05) is 36.8 Å². The van der Waals surface area contributed by atoms with E-state index in [9.17, 15) is 0 Å². The van der Waals surface area contributed by atoms with Gasteiger partial charge in [0.05, 0.1) is 6.54 Å². The maximum atomic E-state index is 4.51. The largest absolute Gasteiger partial charge is 0.312 e. The topological polar surface area (TPSA) is 28.2 Å². The number of thiazole rings is 1. The van der Waals surface area contributed by atoms with Crippen LogP contribution in [0.5, 0.6) is 0 Å². The number of nitrogens with one attached hydrogen (secondary N) is 1. The Hall–Kier alpha value is -0.450. The van der Waals surface area contributed by atoms with E-state index in [4.69, 9.17) is 0 Å². The highest BCUT2D eigenvalue weighted by Crippen LogP contribution is 2.22. The zero-order valence-electron chi connectivity index (χ0n) is 10.4. The predicted octanol–water partition coefficient (Wildman–Crippen LogP) is 2.06. The van der Waals surface area contributed by atoms with Gasteiger partial charge in [0.1, 0.15) is 5.01 Å². The average Bonchev–Trinajstić information content (AvgIpc) is 2.66. The van der Waals surface area contributed by atoms with Crippen LogP contribution in [0.25, 0.3) is 0 Å². The second-order valence-electron chi connectivity index (χ2n) is 4.90. The molecule has 1 atom stereocenters. The van der Waals surface area contributed by atoms with Crippen LogP contribution < -0.4 is 5.32 Å². The van der Waals surface area contributed by atoms with Crippen molar-refractivity contribution in [2.75, 3.05) is 19.6 Å². The lowest BCUT2D eigenvalue weighted by Gasteiger charge is -2.31. The summed E-state index contributed by atoms with van der Waals surface area (Å²) < 4.78 is 0. The molecule has 1 fully saturated rings. The molecule has 1 aliphatic rings. The van der Waals surface area contributed by atoms with Crippen molar-refractivity contribution >= 4 is 11.3 Å². The lowest BCUT2D eigenvalue weighted by atomic mass is 10.2. The molecule has 1 N–H and O–H groups in total. The van der Waals surface area contributed by atoms with Crippen LogP contribution in [-0.2, 0) is 6.54 Å². The summed E-state index contributed by atoms with van der Waals surface area (Å²) in [6, 6.07) is 0.610. The molecule has 0 bridgehead atoms. The Balaban J connectivity index is 1.92. The third kappa shape index (κ3) is 3.03. The highest BCUT2D eigenvalue weighted by molar-refractivity contribution is 7.11. The van der Waals surface area contributed by atoms with E-state index in [-0.39, 0.29) is 0 Å². The summed E-state index contributed by atoms with van der Waals surface area (Å²) >= 11 is 1.86. The van der Waals surface area contributed by atoms with Crippen molar-refractivity contribution < 1.29 is 0 Å². The Bertz CT molecular complexity index is 335. The molecule has 16 heavy (non-hydrogen) atoms. The van der Waals surface area contributed by atoms with Crippen LogP contribution in [0, 0.1) is 0 Å². The second-order valence-corrected chi connectivity index (χ2v) is 6.05. The van der Waals surface area contributed by atoms with E-state index >= 15 is 0 Å². The van der Waals surface area contributed by atoms with Crippen LogP contribution in [0.15, 0.2) is 6.20 Å². The number of hydrogen-bond donors (Lipinski definition) is 1. The van der Waals surface area contributed by atoms with Gasteiger partial charge in [-0.25, -0.2) is 4.98 Å². The molecule has 0 aromatic carbocycles. The first-order valence-electron chi connectivity index (χ1n) is 6.05. The minimum atomic E-state index is 0.605. The van der Waals surface area contributed by atoms with E-state index in [0.29, 0.717) is 12.0 Å². The van der Waals surface area contributed by atoms with Gasteiger partial charge in [-0.05, 0) is 12.8 Å². The van der Waals surface area contributed by atoms with Gasteiger partial charge >= 0.3 is 0 Å². The summed E-state index contributed by atoms with van der Waals surface area (Å²) in [6.45, 7) is 11.1. The minimum Gasteiger partial charge on any atom is -0.312 e. The fourth-order valence-corrected chi connectivity index (χ4v) is 2.98. The minimum absolute atomic E-state index is 0.605. The Morgan fingerprint density at radius 3 is 3.06 bits per heavy atom. The average molecular weight is 239 g/mol. The van der Waals surface area contributed by atoms with Gasteiger partial charge in [0.25, 0.3) is 0 Å². The first-order chi connectivity index (χ1) is 7.65. The Morgan fingerprint density at radius 2 is 2.44 bits per heavy atom. The SMILES string of the molecule is CC(C)c1cnc(CN2CCN[C@H](C)C2)s1. The predicted molar refractivity (Wildman–Crippen MR) is 68.9 cm³/mol. The second kappa shape index (κ2) is 5.25. The molecule has 1 saturated heterocycles. The first-order valence-corrected chi connectivity index (χ1v) is 6.87. The summed E-state index contributed by atoms with van der Waals surface area (Å²) in [5.74, 6) is 0.605. The summed E-state index contributed by atoms with van der Waals surface area (Å²) in [7, 11) is 0. The number of hydrogen-bond acceptors (Lipinski definition) is 4. The fourth-order valence-electron chi connectivity index (χ4n) is 2.01. The van der Waals surface area contributed by atoms with Gasteiger partial charge in [-0.15, -0.1) is 11.3 Å². The van der Waals surface area contributed by atoms with Crippen LogP contribution in [0.2, 0.25) is 0 Å². The standard InChI is InChI=1S/C12H21N3S/c1-9(2)11-6-14-12(16-11)8-15-5-4-13-10(3)7-15/h6,9-10,13H,4-5,7-8H2,1-3H3/t10-/m1/s1. The summed E-state index contributed by atoms with van der Waals surface area (Å²) in [4.78, 5) is 8.40. The number of rotatable bonds is 3. The van der Waals surface area contributed by atoms with Gasteiger partial charge in [0.2, 0.25) is 0 Å². The molecule has 0 saturated carbocycles. The zero-order chi connectivity index (χ0) is 11.5. The van der Waals surface area contributed by atoms with Crippen molar-refractivity contribution in [1.29, 1.82) is 0 Å². The van der Waals surface area contributed by atoms with Crippen molar-refractivity contribution in [2.24, 2.45) is 0 Å². The van der Waals surface area contributed by atoms with E-state index in [0.717, 1.165) is 26.2 Å². The molecule has 2 rings (SSSR count). The number of nitrogens with zero attached hydrogens (tertiary/aromatic N) is 2. The highest BCUT2D eigenvalue weighted by atomic mass is 32.1. The normalized spacial score (nSPS) is 22.9. The number of piperazine rings is 1. The molecular formula is C12H21N3S. The van der Waals surface area contributed by atoms with E-state index in [2.05, 4.69) is 36.0 Å². The molecule has 4 heteroatoms. The molecule has 1 aliphatic heterocycles. The third-order valence-electron chi connectivity index (χ3n) is 2.95. The molecule has 2 heterocycles. The van der Waals surface area contributed by atoms with E-state index in [1.165, 1.54) is 9.88 Å². The van der Waals surface area contributed by atoms with Crippen molar-refractivity contribution in [3.63, 3.8) is 0 Å². The van der Waals surface area contributed by atoms with E-state index in [1.54, 1.807) is 0 Å². The molecule has 90 valence electrons. The zero-order valence-corrected chi connectivity index (χ0v) is 11.2.